The molecule has 4 heteroatoms. The van der Waals surface area contributed by atoms with Gasteiger partial charge < -0.3 is 5.11 Å². The lowest BCUT2D eigenvalue weighted by atomic mass is 9.81. The molecule has 2 atom stereocenters. The van der Waals surface area contributed by atoms with Gasteiger partial charge in [0, 0.05) is 18.7 Å². The van der Waals surface area contributed by atoms with E-state index in [4.69, 9.17) is 0 Å². The van der Waals surface area contributed by atoms with Crippen molar-refractivity contribution >= 4 is 0 Å². The van der Waals surface area contributed by atoms with Crippen LogP contribution in [0.15, 0.2) is 48.7 Å². The minimum atomic E-state index is -0.574. The molecular formula is C16H15FN2O. The third kappa shape index (κ3) is 3.19. The van der Waals surface area contributed by atoms with Gasteiger partial charge in [-0.05, 0) is 29.7 Å². The van der Waals surface area contributed by atoms with E-state index in [2.05, 4.69) is 11.1 Å². The van der Waals surface area contributed by atoms with Gasteiger partial charge in [0.15, 0.2) is 0 Å². The topological polar surface area (TPSA) is 56.9 Å². The van der Waals surface area contributed by atoms with Crippen LogP contribution >= 0.6 is 0 Å². The predicted molar refractivity (Wildman–Crippen MR) is 73.4 cm³/mol. The first-order valence-electron chi connectivity index (χ1n) is 6.43. The molecule has 0 saturated heterocycles. The summed E-state index contributed by atoms with van der Waals surface area (Å²) in [7, 11) is 0. The summed E-state index contributed by atoms with van der Waals surface area (Å²) in [6.07, 6.45) is 1.78. The van der Waals surface area contributed by atoms with Gasteiger partial charge >= 0.3 is 0 Å². The average Bonchev–Trinajstić information content (AvgIpc) is 2.48. The number of aliphatic hydroxyl groups excluding tert-OH is 1. The zero-order chi connectivity index (χ0) is 14.4. The van der Waals surface area contributed by atoms with Gasteiger partial charge in [0.2, 0.25) is 5.95 Å². The molecular weight excluding hydrogens is 255 g/mol. The second-order valence-corrected chi connectivity index (χ2v) is 4.55. The van der Waals surface area contributed by atoms with Crippen LogP contribution in [0, 0.1) is 17.3 Å². The summed E-state index contributed by atoms with van der Waals surface area (Å²) >= 11 is 0. The van der Waals surface area contributed by atoms with Crippen molar-refractivity contribution in [2.24, 2.45) is 0 Å². The molecule has 0 spiro atoms. The quantitative estimate of drug-likeness (QED) is 0.850. The number of aromatic nitrogens is 1. The lowest BCUT2D eigenvalue weighted by Gasteiger charge is -2.22. The Hall–Kier alpha value is -2.25. The maximum atomic E-state index is 13.3. The van der Waals surface area contributed by atoms with Crippen LogP contribution in [-0.2, 0) is 0 Å². The maximum absolute atomic E-state index is 13.3. The Morgan fingerprint density at radius 3 is 2.55 bits per heavy atom. The highest BCUT2D eigenvalue weighted by Gasteiger charge is 2.24. The Bertz CT molecular complexity index is 595. The largest absolute Gasteiger partial charge is 0.396 e. The number of halogens is 1. The normalized spacial score (nSPS) is 13.4. The smallest absolute Gasteiger partial charge is 0.213 e. The molecule has 0 aliphatic carbocycles. The lowest BCUT2D eigenvalue weighted by Crippen LogP contribution is -2.12. The number of hydrogen-bond acceptors (Lipinski definition) is 3. The molecule has 2 rings (SSSR count). The number of nitrogens with zero attached hydrogens (tertiary/aromatic N) is 2. The molecule has 2 aromatic rings. The number of pyridine rings is 1. The Morgan fingerprint density at radius 1 is 1.20 bits per heavy atom. The third-order valence-corrected chi connectivity index (χ3v) is 3.32. The summed E-state index contributed by atoms with van der Waals surface area (Å²) in [6.45, 7) is -0.0559. The Labute approximate surface area is 117 Å². The fraction of sp³-hybridized carbons (Fsp3) is 0.250. The van der Waals surface area contributed by atoms with Crippen molar-refractivity contribution in [3.05, 3.63) is 65.7 Å². The van der Waals surface area contributed by atoms with E-state index in [0.29, 0.717) is 12.0 Å². The van der Waals surface area contributed by atoms with Gasteiger partial charge in [-0.25, -0.2) is 4.98 Å². The number of rotatable bonds is 5. The monoisotopic (exact) mass is 270 g/mol. The zero-order valence-corrected chi connectivity index (χ0v) is 10.9. The van der Waals surface area contributed by atoms with Crippen LogP contribution in [0.4, 0.5) is 4.39 Å². The van der Waals surface area contributed by atoms with Crippen molar-refractivity contribution in [3.63, 3.8) is 0 Å². The number of hydrogen-bond donors (Lipinski definition) is 1. The van der Waals surface area contributed by atoms with Gasteiger partial charge in [-0.3, -0.25) is 0 Å². The average molecular weight is 270 g/mol. The van der Waals surface area contributed by atoms with Gasteiger partial charge in [-0.15, -0.1) is 0 Å². The molecule has 0 saturated carbocycles. The molecule has 1 heterocycles. The van der Waals surface area contributed by atoms with E-state index >= 15 is 0 Å². The van der Waals surface area contributed by atoms with Crippen molar-refractivity contribution in [2.75, 3.05) is 6.61 Å². The van der Waals surface area contributed by atoms with E-state index in [1.54, 1.807) is 6.07 Å². The molecule has 0 bridgehead atoms. The molecule has 1 aromatic heterocycles. The van der Waals surface area contributed by atoms with Gasteiger partial charge in [-0.1, -0.05) is 30.3 Å². The fourth-order valence-corrected chi connectivity index (χ4v) is 2.37. The first-order chi connectivity index (χ1) is 9.76. The SMILES string of the molecule is N#C[C@@H](c1ccccc1)[C@@H](CCO)c1ccnc(F)c1. The highest BCUT2D eigenvalue weighted by atomic mass is 19.1. The van der Waals surface area contributed by atoms with Gasteiger partial charge in [-0.2, -0.15) is 9.65 Å². The van der Waals surface area contributed by atoms with Gasteiger partial charge in [0.05, 0.1) is 12.0 Å². The lowest BCUT2D eigenvalue weighted by molar-refractivity contribution is 0.272. The Balaban J connectivity index is 2.39. The van der Waals surface area contributed by atoms with Crippen LogP contribution in [0.5, 0.6) is 0 Å². The first kappa shape index (κ1) is 14.2. The highest BCUT2D eigenvalue weighted by molar-refractivity contribution is 5.32. The molecule has 20 heavy (non-hydrogen) atoms. The van der Waals surface area contributed by atoms with Crippen molar-refractivity contribution in [1.29, 1.82) is 5.26 Å². The van der Waals surface area contributed by atoms with Crippen LogP contribution in [-0.4, -0.2) is 16.7 Å². The zero-order valence-electron chi connectivity index (χ0n) is 10.9. The first-order valence-corrected chi connectivity index (χ1v) is 6.43. The Kier molecular flexibility index (Phi) is 4.80. The maximum Gasteiger partial charge on any atom is 0.213 e. The Morgan fingerprint density at radius 2 is 1.95 bits per heavy atom. The third-order valence-electron chi connectivity index (χ3n) is 3.32. The molecule has 0 aliphatic heterocycles. The van der Waals surface area contributed by atoms with E-state index in [9.17, 15) is 14.8 Å². The van der Waals surface area contributed by atoms with Crippen LogP contribution in [0.1, 0.15) is 29.4 Å². The minimum absolute atomic E-state index is 0.0559. The molecule has 102 valence electrons. The minimum Gasteiger partial charge on any atom is -0.396 e. The van der Waals surface area contributed by atoms with Gasteiger partial charge in [0.1, 0.15) is 0 Å². The second kappa shape index (κ2) is 6.78. The summed E-state index contributed by atoms with van der Waals surface area (Å²) in [5, 5.41) is 18.7. The molecule has 0 unspecified atom stereocenters. The molecule has 3 nitrogen and oxygen atoms in total. The molecule has 1 aromatic carbocycles. The summed E-state index contributed by atoms with van der Waals surface area (Å²) in [5.74, 6) is -1.26. The van der Waals surface area contributed by atoms with Crippen molar-refractivity contribution in [2.45, 2.75) is 18.3 Å². The van der Waals surface area contributed by atoms with E-state index in [1.165, 1.54) is 12.3 Å². The van der Waals surface area contributed by atoms with E-state index in [1.807, 2.05) is 30.3 Å². The summed E-state index contributed by atoms with van der Waals surface area (Å²) < 4.78 is 13.3. The van der Waals surface area contributed by atoms with Crippen LogP contribution in [0.25, 0.3) is 0 Å². The summed E-state index contributed by atoms with van der Waals surface area (Å²) in [5.41, 5.74) is 1.55. The number of benzene rings is 1. The summed E-state index contributed by atoms with van der Waals surface area (Å²) in [6, 6.07) is 14.6. The van der Waals surface area contributed by atoms with Crippen LogP contribution < -0.4 is 0 Å². The summed E-state index contributed by atoms with van der Waals surface area (Å²) in [4.78, 5) is 3.53. The van der Waals surface area contributed by atoms with Crippen molar-refractivity contribution in [3.8, 4) is 6.07 Å². The standard InChI is InChI=1S/C16H15FN2O/c17-16-10-13(6-8-19-16)14(7-9-20)15(11-18)12-4-2-1-3-5-12/h1-6,8,10,14-15,20H,7,9H2/t14-,15-/m0/s1. The van der Waals surface area contributed by atoms with Crippen LogP contribution in [0.3, 0.4) is 0 Å². The molecule has 0 aliphatic rings. The van der Waals surface area contributed by atoms with E-state index < -0.39 is 11.9 Å². The van der Waals surface area contributed by atoms with Crippen molar-refractivity contribution < 1.29 is 9.50 Å². The number of aliphatic hydroxyl groups is 1. The van der Waals surface area contributed by atoms with E-state index in [-0.39, 0.29) is 12.5 Å². The molecule has 0 radical (unpaired) electrons. The van der Waals surface area contributed by atoms with E-state index in [0.717, 1.165) is 5.56 Å². The fourth-order valence-electron chi connectivity index (χ4n) is 2.37. The molecule has 0 fully saturated rings. The number of nitriles is 1. The van der Waals surface area contributed by atoms with Crippen LogP contribution in [0.2, 0.25) is 0 Å². The predicted octanol–water partition coefficient (Wildman–Crippen LogP) is 2.99. The van der Waals surface area contributed by atoms with Crippen molar-refractivity contribution in [1.82, 2.24) is 4.98 Å². The highest BCUT2D eigenvalue weighted by Crippen LogP contribution is 2.35. The molecule has 0 amide bonds. The second-order valence-electron chi connectivity index (χ2n) is 4.55. The van der Waals surface area contributed by atoms with Gasteiger partial charge in [0.25, 0.3) is 0 Å². The molecule has 1 N–H and O–H groups in total.